The molecule has 1 aromatic heterocycles. The molecule has 1 aliphatic rings. The Hall–Kier alpha value is -4.47. The first-order valence-electron chi connectivity index (χ1n) is 12.3. The van der Waals surface area contributed by atoms with Crippen molar-refractivity contribution in [2.24, 2.45) is 0 Å². The number of anilines is 4. The number of fused-ring (bicyclic) bond motifs is 1. The number of aliphatic hydroxyl groups is 1. The number of morpholine rings is 1. The number of amides is 1. The van der Waals surface area contributed by atoms with Gasteiger partial charge < -0.3 is 30.1 Å². The van der Waals surface area contributed by atoms with Crippen LogP contribution in [0.1, 0.15) is 0 Å². The lowest BCUT2D eigenvalue weighted by Crippen LogP contribution is -2.44. The van der Waals surface area contributed by atoms with Crippen LogP contribution in [0.15, 0.2) is 79.5 Å². The topological polar surface area (TPSA) is 109 Å². The Morgan fingerprint density at radius 2 is 2.11 bits per heavy atom. The summed E-state index contributed by atoms with van der Waals surface area (Å²) in [6.45, 7) is 5.41. The maximum Gasteiger partial charge on any atom is 0.247 e. The average molecular weight is 512 g/mol. The third-order valence-corrected chi connectivity index (χ3v) is 6.38. The Morgan fingerprint density at radius 1 is 1.24 bits per heavy atom. The molecule has 3 aromatic carbocycles. The number of hydrogen-bond donors (Lipinski definition) is 3. The molecule has 4 aromatic rings. The fourth-order valence-corrected chi connectivity index (χ4v) is 4.47. The number of hydrogen-bond acceptors (Lipinski definition) is 8. The number of aromatic nitrogens is 2. The Kier molecular flexibility index (Phi) is 7.48. The summed E-state index contributed by atoms with van der Waals surface area (Å²) in [5.41, 5.74) is 4.99. The molecule has 1 amide bonds. The number of benzene rings is 3. The van der Waals surface area contributed by atoms with Crippen LogP contribution in [0.5, 0.6) is 5.75 Å². The van der Waals surface area contributed by atoms with Crippen molar-refractivity contribution in [1.29, 1.82) is 0 Å². The predicted octanol–water partition coefficient (Wildman–Crippen LogP) is 4.37. The van der Waals surface area contributed by atoms with E-state index >= 15 is 0 Å². The maximum absolute atomic E-state index is 11.8. The second-order valence-electron chi connectivity index (χ2n) is 8.84. The van der Waals surface area contributed by atoms with Gasteiger partial charge in [0, 0.05) is 47.7 Å². The molecule has 38 heavy (non-hydrogen) atoms. The van der Waals surface area contributed by atoms with Crippen molar-refractivity contribution in [3.8, 4) is 16.9 Å². The van der Waals surface area contributed by atoms with Gasteiger partial charge in [0.2, 0.25) is 11.9 Å². The second kappa shape index (κ2) is 11.3. The zero-order valence-corrected chi connectivity index (χ0v) is 21.1. The number of para-hydroxylation sites is 1. The van der Waals surface area contributed by atoms with Crippen LogP contribution < -0.4 is 20.3 Å². The summed E-state index contributed by atoms with van der Waals surface area (Å²) >= 11 is 0. The number of ether oxygens (including phenoxy) is 2. The third kappa shape index (κ3) is 5.44. The number of methoxy groups -OCH3 is 1. The monoisotopic (exact) mass is 511 g/mol. The van der Waals surface area contributed by atoms with Crippen LogP contribution in [-0.4, -0.2) is 60.5 Å². The predicted molar refractivity (Wildman–Crippen MR) is 149 cm³/mol. The molecular formula is C29H29N5O4. The summed E-state index contributed by atoms with van der Waals surface area (Å²) in [5, 5.41) is 16.5. The Labute approximate surface area is 220 Å². The molecule has 1 atom stereocenters. The SMILES string of the molecule is C=CC(=O)Nc1cccc(-c2cccc3cnc(Nc4ccc(N5CCOC(CO)C5)cc4OC)nc23)c1. The number of nitrogens with zero attached hydrogens (tertiary/aromatic N) is 3. The van der Waals surface area contributed by atoms with Crippen molar-refractivity contribution in [3.05, 3.63) is 79.5 Å². The second-order valence-corrected chi connectivity index (χ2v) is 8.84. The molecular weight excluding hydrogens is 482 g/mol. The number of carbonyl (C=O) groups excluding carboxylic acids is 1. The van der Waals surface area contributed by atoms with Gasteiger partial charge in [-0.3, -0.25) is 4.79 Å². The molecule has 0 radical (unpaired) electrons. The van der Waals surface area contributed by atoms with Crippen LogP contribution in [0.4, 0.5) is 23.0 Å². The van der Waals surface area contributed by atoms with Gasteiger partial charge in [0.05, 0.1) is 37.6 Å². The lowest BCUT2D eigenvalue weighted by atomic mass is 10.0. The van der Waals surface area contributed by atoms with Gasteiger partial charge in [-0.15, -0.1) is 0 Å². The molecule has 9 heteroatoms. The zero-order chi connectivity index (χ0) is 26.5. The van der Waals surface area contributed by atoms with E-state index in [1.165, 1.54) is 6.08 Å². The Bertz CT molecular complexity index is 1470. The van der Waals surface area contributed by atoms with Gasteiger partial charge in [0.1, 0.15) is 5.75 Å². The molecule has 1 aliphatic heterocycles. The molecule has 194 valence electrons. The fraction of sp³-hybridized carbons (Fsp3) is 0.207. The van der Waals surface area contributed by atoms with Crippen LogP contribution in [0, 0.1) is 0 Å². The first-order valence-corrected chi connectivity index (χ1v) is 12.3. The highest BCUT2D eigenvalue weighted by Gasteiger charge is 2.21. The molecule has 3 N–H and O–H groups in total. The van der Waals surface area contributed by atoms with Crippen molar-refractivity contribution in [2.45, 2.75) is 6.10 Å². The van der Waals surface area contributed by atoms with E-state index in [0.717, 1.165) is 39.9 Å². The number of carbonyl (C=O) groups is 1. The molecule has 0 bridgehead atoms. The fourth-order valence-electron chi connectivity index (χ4n) is 4.47. The molecule has 5 rings (SSSR count). The summed E-state index contributed by atoms with van der Waals surface area (Å²) in [6, 6.07) is 19.4. The third-order valence-electron chi connectivity index (χ3n) is 6.38. The van der Waals surface area contributed by atoms with Crippen LogP contribution in [0.3, 0.4) is 0 Å². The Balaban J connectivity index is 1.44. The minimum Gasteiger partial charge on any atom is -0.494 e. The van der Waals surface area contributed by atoms with Crippen molar-refractivity contribution < 1.29 is 19.4 Å². The van der Waals surface area contributed by atoms with Crippen molar-refractivity contribution >= 4 is 39.8 Å². The maximum atomic E-state index is 11.8. The number of nitrogens with one attached hydrogen (secondary N) is 2. The van der Waals surface area contributed by atoms with Gasteiger partial charge >= 0.3 is 0 Å². The van der Waals surface area contributed by atoms with Crippen molar-refractivity contribution in [2.75, 3.05) is 48.9 Å². The van der Waals surface area contributed by atoms with E-state index < -0.39 is 0 Å². The van der Waals surface area contributed by atoms with Crippen LogP contribution in [0.25, 0.3) is 22.0 Å². The molecule has 9 nitrogen and oxygen atoms in total. The highest BCUT2D eigenvalue weighted by molar-refractivity contribution is 6.00. The lowest BCUT2D eigenvalue weighted by molar-refractivity contribution is -0.111. The van der Waals surface area contributed by atoms with Crippen molar-refractivity contribution in [1.82, 2.24) is 9.97 Å². The van der Waals surface area contributed by atoms with E-state index in [1.807, 2.05) is 60.7 Å². The van der Waals surface area contributed by atoms with E-state index in [9.17, 15) is 9.90 Å². The minimum atomic E-state index is -0.268. The quantitative estimate of drug-likeness (QED) is 0.299. The van der Waals surface area contributed by atoms with Gasteiger partial charge in [-0.2, -0.15) is 0 Å². The van der Waals surface area contributed by atoms with Crippen LogP contribution in [0.2, 0.25) is 0 Å². The number of rotatable bonds is 8. The molecule has 1 fully saturated rings. The van der Waals surface area contributed by atoms with Gasteiger partial charge in [0.25, 0.3) is 0 Å². The molecule has 1 saturated heterocycles. The standard InChI is InChI=1S/C29H29N5O4/c1-3-27(36)31-21-8-4-6-19(14-21)24-9-5-7-20-16-30-29(33-28(20)24)32-25-11-10-22(15-26(25)37-2)34-12-13-38-23(17-34)18-35/h3-11,14-16,23,35H,1,12-13,17-18H2,2H3,(H,31,36)(H,30,32,33). The summed E-state index contributed by atoms with van der Waals surface area (Å²) in [4.78, 5) is 23.3. The average Bonchev–Trinajstić information content (AvgIpc) is 2.97. The minimum absolute atomic E-state index is 0.0116. The van der Waals surface area contributed by atoms with E-state index in [-0.39, 0.29) is 18.6 Å². The highest BCUT2D eigenvalue weighted by atomic mass is 16.5. The summed E-state index contributed by atoms with van der Waals surface area (Å²) < 4.78 is 11.2. The van der Waals surface area contributed by atoms with E-state index in [1.54, 1.807) is 13.3 Å². The van der Waals surface area contributed by atoms with Crippen LogP contribution in [-0.2, 0) is 9.53 Å². The van der Waals surface area contributed by atoms with Gasteiger partial charge in [-0.05, 0) is 35.9 Å². The van der Waals surface area contributed by atoms with Gasteiger partial charge in [-0.25, -0.2) is 9.97 Å². The first kappa shape index (κ1) is 25.2. The first-order chi connectivity index (χ1) is 18.6. The molecule has 0 saturated carbocycles. The summed E-state index contributed by atoms with van der Waals surface area (Å²) in [7, 11) is 1.62. The molecule has 0 aliphatic carbocycles. The number of aliphatic hydroxyl groups excluding tert-OH is 1. The molecule has 2 heterocycles. The largest absolute Gasteiger partial charge is 0.494 e. The van der Waals surface area contributed by atoms with E-state index in [2.05, 4.69) is 27.1 Å². The van der Waals surface area contributed by atoms with Crippen LogP contribution >= 0.6 is 0 Å². The van der Waals surface area contributed by atoms with Crippen molar-refractivity contribution in [3.63, 3.8) is 0 Å². The summed E-state index contributed by atoms with van der Waals surface area (Å²) in [5.74, 6) is 0.812. The van der Waals surface area contributed by atoms with E-state index in [4.69, 9.17) is 14.5 Å². The molecule has 0 spiro atoms. The smallest absolute Gasteiger partial charge is 0.247 e. The summed E-state index contributed by atoms with van der Waals surface area (Å²) in [6.07, 6.45) is 2.82. The van der Waals surface area contributed by atoms with Gasteiger partial charge in [-0.1, -0.05) is 36.9 Å². The van der Waals surface area contributed by atoms with E-state index in [0.29, 0.717) is 30.5 Å². The normalized spacial score (nSPS) is 15.2. The van der Waals surface area contributed by atoms with Gasteiger partial charge in [0.15, 0.2) is 0 Å². The Morgan fingerprint density at radius 3 is 2.92 bits per heavy atom. The molecule has 1 unspecified atom stereocenters. The lowest BCUT2D eigenvalue weighted by Gasteiger charge is -2.34. The highest BCUT2D eigenvalue weighted by Crippen LogP contribution is 2.34. The zero-order valence-electron chi connectivity index (χ0n) is 21.1.